The normalized spacial score (nSPS) is 20.9. The molecule has 4 rings (SSSR count). The minimum Gasteiger partial charge on any atom is -0.312 e. The molecule has 1 aromatic carbocycles. The third kappa shape index (κ3) is 1.84. The summed E-state index contributed by atoms with van der Waals surface area (Å²) < 4.78 is 0. The van der Waals surface area contributed by atoms with E-state index in [4.69, 9.17) is 4.99 Å². The zero-order chi connectivity index (χ0) is 14.6. The Hall–Kier alpha value is -2.01. The molecule has 0 atom stereocenters. The Morgan fingerprint density at radius 2 is 2.10 bits per heavy atom. The van der Waals surface area contributed by atoms with E-state index in [0.717, 1.165) is 48.1 Å². The number of hydrogen-bond donors (Lipinski definition) is 0. The van der Waals surface area contributed by atoms with Crippen molar-refractivity contribution in [1.82, 2.24) is 9.80 Å². The lowest BCUT2D eigenvalue weighted by molar-refractivity contribution is 0.0999. The first-order chi connectivity index (χ1) is 10.1. The molecule has 21 heavy (non-hydrogen) atoms. The molecule has 3 aliphatic heterocycles. The first-order valence-electron chi connectivity index (χ1n) is 7.45. The average molecular weight is 282 g/mol. The molecule has 1 aromatic rings. The molecule has 0 unspecified atom stereocenters. The summed E-state index contributed by atoms with van der Waals surface area (Å²) in [6.45, 7) is 7.40. The Labute approximate surface area is 124 Å². The highest BCUT2D eigenvalue weighted by Crippen LogP contribution is 2.33. The third-order valence-corrected chi connectivity index (χ3v) is 4.44. The maximum atomic E-state index is 12.0. The Kier molecular flexibility index (Phi) is 2.72. The van der Waals surface area contributed by atoms with Crippen molar-refractivity contribution in [3.05, 3.63) is 29.3 Å². The number of fused-ring (bicyclic) bond motifs is 2. The second kappa shape index (κ2) is 4.49. The number of rotatable bonds is 1. The van der Waals surface area contributed by atoms with Gasteiger partial charge >= 0.3 is 0 Å². The number of carbonyl (C=O) groups is 1. The number of hydrogen-bond acceptors (Lipinski definition) is 5. The van der Waals surface area contributed by atoms with Gasteiger partial charge in [-0.15, -0.1) is 0 Å². The minimum absolute atomic E-state index is 0.0927. The molecule has 3 heterocycles. The van der Waals surface area contributed by atoms with Crippen molar-refractivity contribution in [2.45, 2.75) is 19.9 Å². The fourth-order valence-electron chi connectivity index (χ4n) is 3.24. The number of carbonyl (C=O) groups excluding carboxylic acids is 1. The SMILES string of the molecule is CC(C)N1CCN2C(=Nc3cccc4c3C2=NCC4=O)C1. The molecular weight excluding hydrogens is 264 g/mol. The summed E-state index contributed by atoms with van der Waals surface area (Å²) >= 11 is 0. The number of aliphatic imine (C=N–C) groups is 2. The van der Waals surface area contributed by atoms with Gasteiger partial charge in [0, 0.05) is 24.7 Å². The Bertz CT molecular complexity index is 690. The second-order valence-corrected chi connectivity index (χ2v) is 6.01. The number of piperazine rings is 1. The molecule has 0 radical (unpaired) electrons. The van der Waals surface area contributed by atoms with E-state index in [-0.39, 0.29) is 12.3 Å². The topological polar surface area (TPSA) is 48.3 Å². The van der Waals surface area contributed by atoms with Gasteiger partial charge in [0.2, 0.25) is 0 Å². The molecule has 3 aliphatic rings. The van der Waals surface area contributed by atoms with Gasteiger partial charge in [0.25, 0.3) is 0 Å². The number of Topliss-reactive ketones (excluding diaryl/α,β-unsaturated/α-hetero) is 1. The van der Waals surface area contributed by atoms with Gasteiger partial charge in [0.1, 0.15) is 18.2 Å². The van der Waals surface area contributed by atoms with Crippen LogP contribution in [0.25, 0.3) is 0 Å². The number of amidine groups is 2. The van der Waals surface area contributed by atoms with Gasteiger partial charge < -0.3 is 4.90 Å². The van der Waals surface area contributed by atoms with Gasteiger partial charge in [-0.05, 0) is 19.9 Å². The summed E-state index contributed by atoms with van der Waals surface area (Å²) in [6.07, 6.45) is 0. The highest BCUT2D eigenvalue weighted by atomic mass is 16.1. The summed E-state index contributed by atoms with van der Waals surface area (Å²) in [6, 6.07) is 6.29. The van der Waals surface area contributed by atoms with E-state index >= 15 is 0 Å². The second-order valence-electron chi connectivity index (χ2n) is 6.01. The zero-order valence-corrected chi connectivity index (χ0v) is 12.3. The number of nitrogens with zero attached hydrogens (tertiary/aromatic N) is 4. The summed E-state index contributed by atoms with van der Waals surface area (Å²) in [7, 11) is 0. The van der Waals surface area contributed by atoms with E-state index in [1.807, 2.05) is 18.2 Å². The first-order valence-corrected chi connectivity index (χ1v) is 7.45. The molecule has 0 spiro atoms. The van der Waals surface area contributed by atoms with Crippen molar-refractivity contribution in [2.24, 2.45) is 9.98 Å². The van der Waals surface area contributed by atoms with Crippen molar-refractivity contribution < 1.29 is 4.79 Å². The van der Waals surface area contributed by atoms with Crippen LogP contribution < -0.4 is 0 Å². The zero-order valence-electron chi connectivity index (χ0n) is 12.3. The fourth-order valence-corrected chi connectivity index (χ4v) is 3.24. The minimum atomic E-state index is 0.0927. The van der Waals surface area contributed by atoms with Crippen molar-refractivity contribution in [2.75, 3.05) is 26.2 Å². The molecule has 5 nitrogen and oxygen atoms in total. The van der Waals surface area contributed by atoms with Crippen LogP contribution in [0.5, 0.6) is 0 Å². The summed E-state index contributed by atoms with van der Waals surface area (Å²) in [5.41, 5.74) is 2.58. The van der Waals surface area contributed by atoms with Gasteiger partial charge in [-0.1, -0.05) is 12.1 Å². The van der Waals surface area contributed by atoms with Gasteiger partial charge in [-0.3, -0.25) is 14.7 Å². The number of ketones is 1. The smallest absolute Gasteiger partial charge is 0.185 e. The lowest BCUT2D eigenvalue weighted by Gasteiger charge is -2.42. The third-order valence-electron chi connectivity index (χ3n) is 4.44. The lowest BCUT2D eigenvalue weighted by atomic mass is 9.95. The number of benzene rings is 1. The van der Waals surface area contributed by atoms with Crippen molar-refractivity contribution in [3.63, 3.8) is 0 Å². The van der Waals surface area contributed by atoms with Crippen LogP contribution >= 0.6 is 0 Å². The van der Waals surface area contributed by atoms with Crippen LogP contribution in [0.1, 0.15) is 29.8 Å². The van der Waals surface area contributed by atoms with Crippen LogP contribution in [0.3, 0.4) is 0 Å². The standard InChI is InChI=1S/C16H18N4O/c1-10(2)19-6-7-20-14(9-19)18-12-5-3-4-11-13(21)8-17-16(20)15(11)12/h3-5,10H,6-9H2,1-2H3. The summed E-state index contributed by atoms with van der Waals surface area (Å²) in [5.74, 6) is 2.08. The van der Waals surface area contributed by atoms with Gasteiger partial charge in [0.05, 0.1) is 17.8 Å². The van der Waals surface area contributed by atoms with Gasteiger partial charge in [0.15, 0.2) is 5.78 Å². The fraction of sp³-hybridized carbons (Fsp3) is 0.438. The Morgan fingerprint density at radius 3 is 2.90 bits per heavy atom. The van der Waals surface area contributed by atoms with Gasteiger partial charge in [-0.25, -0.2) is 4.99 Å². The molecular formula is C16H18N4O. The van der Waals surface area contributed by atoms with Crippen LogP contribution in [0.2, 0.25) is 0 Å². The Morgan fingerprint density at radius 1 is 1.24 bits per heavy atom. The van der Waals surface area contributed by atoms with Crippen molar-refractivity contribution in [1.29, 1.82) is 0 Å². The molecule has 0 N–H and O–H groups in total. The largest absolute Gasteiger partial charge is 0.312 e. The molecule has 0 saturated carbocycles. The van der Waals surface area contributed by atoms with E-state index < -0.39 is 0 Å². The predicted molar refractivity (Wildman–Crippen MR) is 82.7 cm³/mol. The van der Waals surface area contributed by atoms with Crippen LogP contribution in [0, 0.1) is 0 Å². The van der Waals surface area contributed by atoms with Crippen LogP contribution in [0.15, 0.2) is 28.2 Å². The molecule has 1 fully saturated rings. The first kappa shape index (κ1) is 12.7. The monoisotopic (exact) mass is 282 g/mol. The van der Waals surface area contributed by atoms with Crippen molar-refractivity contribution in [3.8, 4) is 0 Å². The maximum Gasteiger partial charge on any atom is 0.185 e. The molecule has 1 saturated heterocycles. The van der Waals surface area contributed by atoms with Crippen LogP contribution in [-0.2, 0) is 0 Å². The molecule has 108 valence electrons. The van der Waals surface area contributed by atoms with Crippen LogP contribution in [0.4, 0.5) is 5.69 Å². The Balaban J connectivity index is 1.84. The van der Waals surface area contributed by atoms with Gasteiger partial charge in [-0.2, -0.15) is 0 Å². The van der Waals surface area contributed by atoms with E-state index in [1.165, 1.54) is 0 Å². The molecule has 0 aromatic heterocycles. The molecule has 0 bridgehead atoms. The van der Waals surface area contributed by atoms with E-state index in [0.29, 0.717) is 6.04 Å². The quantitative estimate of drug-likeness (QED) is 0.787. The maximum absolute atomic E-state index is 12.0. The molecule has 5 heteroatoms. The summed E-state index contributed by atoms with van der Waals surface area (Å²) in [5, 5.41) is 0. The highest BCUT2D eigenvalue weighted by Gasteiger charge is 2.35. The molecule has 0 aliphatic carbocycles. The van der Waals surface area contributed by atoms with E-state index in [2.05, 4.69) is 28.6 Å². The van der Waals surface area contributed by atoms with E-state index in [9.17, 15) is 4.79 Å². The van der Waals surface area contributed by atoms with E-state index in [1.54, 1.807) is 0 Å². The molecule has 0 amide bonds. The highest BCUT2D eigenvalue weighted by molar-refractivity contribution is 6.23. The van der Waals surface area contributed by atoms with Crippen molar-refractivity contribution >= 4 is 23.1 Å². The van der Waals surface area contributed by atoms with Crippen LogP contribution in [-0.4, -0.2) is 59.5 Å². The predicted octanol–water partition coefficient (Wildman–Crippen LogP) is 1.70. The average Bonchev–Trinajstić information content (AvgIpc) is 2.49. The summed E-state index contributed by atoms with van der Waals surface area (Å²) in [4.78, 5) is 26.0. The lowest BCUT2D eigenvalue weighted by Crippen LogP contribution is -2.56.